The van der Waals surface area contributed by atoms with E-state index in [1.165, 1.54) is 0 Å². The van der Waals surface area contributed by atoms with E-state index in [-0.39, 0.29) is 18.8 Å². The average molecular weight is 375 g/mol. The van der Waals surface area contributed by atoms with Crippen molar-refractivity contribution in [3.63, 3.8) is 0 Å². The molecule has 1 aromatic carbocycles. The number of halogens is 1. The molecule has 4 rings (SSSR count). The zero-order valence-corrected chi connectivity index (χ0v) is 14.9. The lowest BCUT2D eigenvalue weighted by atomic mass is 10.1. The number of pyridine rings is 1. The van der Waals surface area contributed by atoms with Crippen molar-refractivity contribution in [2.45, 2.75) is 25.4 Å². The molecule has 7 heteroatoms. The van der Waals surface area contributed by atoms with E-state index in [9.17, 15) is 4.79 Å². The topological polar surface area (TPSA) is 60.9 Å². The van der Waals surface area contributed by atoms with E-state index < -0.39 is 0 Å². The molecule has 0 aliphatic carbocycles. The van der Waals surface area contributed by atoms with Crippen molar-refractivity contribution in [2.24, 2.45) is 0 Å². The first kappa shape index (κ1) is 17.0. The maximum absolute atomic E-state index is 12.7. The third-order valence-electron chi connectivity index (χ3n) is 4.55. The van der Waals surface area contributed by atoms with Crippen LogP contribution in [0, 0.1) is 0 Å². The van der Waals surface area contributed by atoms with Crippen LogP contribution in [0.15, 0.2) is 36.7 Å². The predicted octanol–water partition coefficient (Wildman–Crippen LogP) is 3.08. The number of hydrogen-bond acceptors (Lipinski definition) is 5. The summed E-state index contributed by atoms with van der Waals surface area (Å²) in [5.74, 6) is 2.11. The van der Waals surface area contributed by atoms with Gasteiger partial charge in [0.1, 0.15) is 16.9 Å². The van der Waals surface area contributed by atoms with Crippen LogP contribution in [-0.4, -0.2) is 41.8 Å². The van der Waals surface area contributed by atoms with Gasteiger partial charge in [0.25, 0.3) is 0 Å². The summed E-state index contributed by atoms with van der Waals surface area (Å²) in [6.07, 6.45) is 5.27. The van der Waals surface area contributed by atoms with E-state index in [2.05, 4.69) is 4.98 Å². The normalized spacial score (nSPS) is 18.7. The summed E-state index contributed by atoms with van der Waals surface area (Å²) in [7, 11) is 0. The minimum atomic E-state index is -0.0654. The Hall–Kier alpha value is -2.47. The van der Waals surface area contributed by atoms with Crippen LogP contribution >= 0.6 is 11.6 Å². The molecule has 2 aromatic rings. The van der Waals surface area contributed by atoms with Gasteiger partial charge in [-0.3, -0.25) is 9.78 Å². The Balaban J connectivity index is 1.38. The summed E-state index contributed by atoms with van der Waals surface area (Å²) in [5, 5.41) is 0.483. The van der Waals surface area contributed by atoms with Crippen molar-refractivity contribution in [2.75, 3.05) is 19.9 Å². The molecular formula is C19H19ClN2O4. The lowest BCUT2D eigenvalue weighted by Gasteiger charge is -2.33. The largest absolute Gasteiger partial charge is 0.487 e. The Labute approximate surface area is 156 Å². The van der Waals surface area contributed by atoms with Gasteiger partial charge < -0.3 is 19.1 Å². The molecule has 2 aliphatic rings. The highest BCUT2D eigenvalue weighted by molar-refractivity contribution is 6.31. The van der Waals surface area contributed by atoms with Gasteiger partial charge in [-0.15, -0.1) is 0 Å². The zero-order chi connectivity index (χ0) is 17.9. The van der Waals surface area contributed by atoms with E-state index in [4.69, 9.17) is 25.8 Å². The fourth-order valence-corrected chi connectivity index (χ4v) is 3.40. The molecule has 0 saturated carbocycles. The molecule has 2 aliphatic heterocycles. The van der Waals surface area contributed by atoms with E-state index in [0.29, 0.717) is 29.5 Å². The molecule has 0 N–H and O–H groups in total. The number of carbonyl (C=O) groups is 1. The van der Waals surface area contributed by atoms with E-state index >= 15 is 0 Å². The van der Waals surface area contributed by atoms with Gasteiger partial charge in [-0.25, -0.2) is 0 Å². The van der Waals surface area contributed by atoms with Gasteiger partial charge in [0.15, 0.2) is 11.5 Å². The maximum Gasteiger partial charge on any atom is 0.231 e. The van der Waals surface area contributed by atoms with Gasteiger partial charge in [0.05, 0.1) is 13.0 Å². The first-order valence-corrected chi connectivity index (χ1v) is 8.99. The Morgan fingerprint density at radius 1 is 1.31 bits per heavy atom. The number of likely N-dealkylation sites (tertiary alicyclic amines) is 1. The van der Waals surface area contributed by atoms with Crippen molar-refractivity contribution >= 4 is 17.5 Å². The molecular weight excluding hydrogens is 356 g/mol. The van der Waals surface area contributed by atoms with Crippen LogP contribution in [0.2, 0.25) is 5.02 Å². The predicted molar refractivity (Wildman–Crippen MR) is 95.7 cm³/mol. The lowest BCUT2D eigenvalue weighted by molar-refractivity contribution is -0.133. The monoisotopic (exact) mass is 374 g/mol. The molecule has 1 aromatic heterocycles. The molecule has 1 amide bonds. The first-order chi connectivity index (χ1) is 12.7. The van der Waals surface area contributed by atoms with Crippen LogP contribution in [0.5, 0.6) is 17.2 Å². The maximum atomic E-state index is 12.7. The highest BCUT2D eigenvalue weighted by atomic mass is 35.5. The Morgan fingerprint density at radius 2 is 2.19 bits per heavy atom. The molecule has 1 fully saturated rings. The smallest absolute Gasteiger partial charge is 0.231 e. The third kappa shape index (κ3) is 3.70. The standard InChI is InChI=1S/C19H19ClN2O4/c20-15-10-21-6-5-16(15)26-14-2-1-7-22(11-14)19(23)9-13-3-4-17-18(8-13)25-12-24-17/h3-6,8,10,14H,1-2,7,9,11-12H2. The number of benzene rings is 1. The van der Waals surface area contributed by atoms with Gasteiger partial charge >= 0.3 is 0 Å². The van der Waals surface area contributed by atoms with Crippen molar-refractivity contribution in [1.29, 1.82) is 0 Å². The second-order valence-electron chi connectivity index (χ2n) is 6.39. The average Bonchev–Trinajstić information content (AvgIpc) is 3.12. The molecule has 1 unspecified atom stereocenters. The second kappa shape index (κ2) is 7.41. The van der Waals surface area contributed by atoms with Crippen LogP contribution < -0.4 is 14.2 Å². The van der Waals surface area contributed by atoms with Gasteiger partial charge in [0.2, 0.25) is 12.7 Å². The van der Waals surface area contributed by atoms with Gasteiger partial charge in [0, 0.05) is 25.0 Å². The minimum Gasteiger partial charge on any atom is -0.487 e. The van der Waals surface area contributed by atoms with Crippen molar-refractivity contribution in [1.82, 2.24) is 9.88 Å². The van der Waals surface area contributed by atoms with Crippen LogP contribution in [0.4, 0.5) is 0 Å². The molecule has 3 heterocycles. The lowest BCUT2D eigenvalue weighted by Crippen LogP contribution is -2.45. The Kier molecular flexibility index (Phi) is 4.84. The molecule has 0 spiro atoms. The first-order valence-electron chi connectivity index (χ1n) is 8.61. The summed E-state index contributed by atoms with van der Waals surface area (Å²) in [5.41, 5.74) is 0.916. The fraction of sp³-hybridized carbons (Fsp3) is 0.368. The van der Waals surface area contributed by atoms with Crippen LogP contribution in [-0.2, 0) is 11.2 Å². The molecule has 1 atom stereocenters. The quantitative estimate of drug-likeness (QED) is 0.823. The van der Waals surface area contributed by atoms with Gasteiger partial charge in [-0.1, -0.05) is 17.7 Å². The van der Waals surface area contributed by atoms with E-state index in [1.54, 1.807) is 18.5 Å². The van der Waals surface area contributed by atoms with E-state index in [1.807, 2.05) is 23.1 Å². The molecule has 0 radical (unpaired) electrons. The van der Waals surface area contributed by atoms with Crippen LogP contribution in [0.25, 0.3) is 0 Å². The summed E-state index contributed by atoms with van der Waals surface area (Å²) in [4.78, 5) is 18.5. The summed E-state index contributed by atoms with van der Waals surface area (Å²) >= 11 is 6.11. The summed E-state index contributed by atoms with van der Waals surface area (Å²) in [6, 6.07) is 7.36. The molecule has 6 nitrogen and oxygen atoms in total. The van der Waals surface area contributed by atoms with Gasteiger partial charge in [-0.2, -0.15) is 0 Å². The fourth-order valence-electron chi connectivity index (χ4n) is 3.24. The summed E-state index contributed by atoms with van der Waals surface area (Å²) in [6.45, 7) is 1.53. The number of nitrogens with zero attached hydrogens (tertiary/aromatic N) is 2. The van der Waals surface area contributed by atoms with E-state index in [0.717, 1.165) is 30.7 Å². The molecule has 1 saturated heterocycles. The van der Waals surface area contributed by atoms with Crippen molar-refractivity contribution < 1.29 is 19.0 Å². The number of ether oxygens (including phenoxy) is 3. The molecule has 26 heavy (non-hydrogen) atoms. The minimum absolute atomic E-state index is 0.0654. The number of piperidine rings is 1. The SMILES string of the molecule is O=C(Cc1ccc2c(c1)OCO2)N1CCCC(Oc2ccncc2Cl)C1. The second-order valence-corrected chi connectivity index (χ2v) is 6.80. The van der Waals surface area contributed by atoms with Crippen molar-refractivity contribution in [3.8, 4) is 17.2 Å². The number of fused-ring (bicyclic) bond motifs is 1. The number of rotatable bonds is 4. The summed E-state index contributed by atoms with van der Waals surface area (Å²) < 4.78 is 16.7. The van der Waals surface area contributed by atoms with Crippen LogP contribution in [0.1, 0.15) is 18.4 Å². The van der Waals surface area contributed by atoms with Crippen LogP contribution in [0.3, 0.4) is 0 Å². The number of amides is 1. The zero-order valence-electron chi connectivity index (χ0n) is 14.2. The number of carbonyl (C=O) groups excluding carboxylic acids is 1. The van der Waals surface area contributed by atoms with Crippen molar-refractivity contribution in [3.05, 3.63) is 47.2 Å². The Bertz CT molecular complexity index is 814. The number of aromatic nitrogens is 1. The highest BCUT2D eigenvalue weighted by Crippen LogP contribution is 2.33. The molecule has 0 bridgehead atoms. The highest BCUT2D eigenvalue weighted by Gasteiger charge is 2.26. The third-order valence-corrected chi connectivity index (χ3v) is 4.84. The Morgan fingerprint density at radius 3 is 3.08 bits per heavy atom. The van der Waals surface area contributed by atoms with Gasteiger partial charge in [-0.05, 0) is 30.5 Å². The molecule has 136 valence electrons. The number of hydrogen-bond donors (Lipinski definition) is 0.